The van der Waals surface area contributed by atoms with Gasteiger partial charge in [0.05, 0.1) is 11.7 Å². The normalized spacial score (nSPS) is 27.6. The van der Waals surface area contributed by atoms with Crippen molar-refractivity contribution in [3.05, 3.63) is 30.1 Å². The molecule has 6 heteroatoms. The first-order valence-corrected chi connectivity index (χ1v) is 8.55. The number of carbonyl (C=O) groups is 2. The summed E-state index contributed by atoms with van der Waals surface area (Å²) in [5, 5.41) is 3.44. The smallest absolute Gasteiger partial charge is 0.244 e. The minimum absolute atomic E-state index is 0.0682. The monoisotopic (exact) mass is 333 g/mol. The highest BCUT2D eigenvalue weighted by molar-refractivity contribution is 5.99. The average molecular weight is 333 g/mol. The third kappa shape index (κ3) is 3.29. The van der Waals surface area contributed by atoms with Crippen LogP contribution in [0.4, 0.5) is 10.1 Å². The van der Waals surface area contributed by atoms with E-state index < -0.39 is 0 Å². The van der Waals surface area contributed by atoms with Gasteiger partial charge in [-0.2, -0.15) is 0 Å². The van der Waals surface area contributed by atoms with Crippen LogP contribution in [0.25, 0.3) is 0 Å². The van der Waals surface area contributed by atoms with Gasteiger partial charge in [0.25, 0.3) is 0 Å². The zero-order chi connectivity index (χ0) is 17.3. The molecule has 24 heavy (non-hydrogen) atoms. The summed E-state index contributed by atoms with van der Waals surface area (Å²) in [6, 6.07) is 6.31. The molecule has 3 atom stereocenters. The Bertz CT molecular complexity index is 636. The van der Waals surface area contributed by atoms with Crippen LogP contribution in [0.15, 0.2) is 24.3 Å². The summed E-state index contributed by atoms with van der Waals surface area (Å²) in [5.41, 5.74) is 0.353. The Labute approximate surface area is 141 Å². The Morgan fingerprint density at radius 1 is 1.25 bits per heavy atom. The summed E-state index contributed by atoms with van der Waals surface area (Å²) in [5.74, 6) is -0.0446. The van der Waals surface area contributed by atoms with Crippen LogP contribution in [-0.4, -0.2) is 48.4 Å². The van der Waals surface area contributed by atoms with Gasteiger partial charge in [-0.15, -0.1) is 0 Å². The molecule has 0 aliphatic carbocycles. The van der Waals surface area contributed by atoms with Crippen molar-refractivity contribution in [2.45, 2.75) is 38.8 Å². The first-order chi connectivity index (χ1) is 11.5. The van der Waals surface area contributed by atoms with E-state index in [1.165, 1.54) is 11.0 Å². The first-order valence-electron chi connectivity index (χ1n) is 8.55. The Morgan fingerprint density at radius 3 is 2.67 bits per heavy atom. The molecule has 3 rings (SSSR count). The average Bonchev–Trinajstić information content (AvgIpc) is 2.90. The second-order valence-corrected chi connectivity index (χ2v) is 6.79. The molecule has 0 radical (unpaired) electrons. The lowest BCUT2D eigenvalue weighted by atomic mass is 9.93. The lowest BCUT2D eigenvalue weighted by Crippen LogP contribution is -2.53. The maximum Gasteiger partial charge on any atom is 0.244 e. The molecular formula is C18H24FN3O2. The highest BCUT2D eigenvalue weighted by Gasteiger charge is 2.37. The van der Waals surface area contributed by atoms with Crippen molar-refractivity contribution in [3.8, 4) is 0 Å². The Balaban J connectivity index is 1.62. The summed E-state index contributed by atoms with van der Waals surface area (Å²) in [6.07, 6.45) is 1.51. The SMILES string of the molecule is CC(=O)N1CC[C@H](N[C@@H]2CCN(c3ccccc3F)C2=O)[C@@H](C)C1. The molecule has 0 saturated carbocycles. The molecule has 5 nitrogen and oxygen atoms in total. The number of amides is 2. The zero-order valence-electron chi connectivity index (χ0n) is 14.2. The van der Waals surface area contributed by atoms with E-state index >= 15 is 0 Å². The minimum atomic E-state index is -0.366. The molecule has 1 aromatic rings. The summed E-state index contributed by atoms with van der Waals surface area (Å²) in [7, 11) is 0. The van der Waals surface area contributed by atoms with Crippen LogP contribution in [0.5, 0.6) is 0 Å². The number of rotatable bonds is 3. The van der Waals surface area contributed by atoms with Gasteiger partial charge in [0.1, 0.15) is 5.82 Å². The zero-order valence-corrected chi connectivity index (χ0v) is 14.2. The number of carbonyl (C=O) groups excluding carboxylic acids is 2. The minimum Gasteiger partial charge on any atom is -0.343 e. The highest BCUT2D eigenvalue weighted by Crippen LogP contribution is 2.26. The second kappa shape index (κ2) is 6.89. The van der Waals surface area contributed by atoms with Crippen LogP contribution < -0.4 is 10.2 Å². The fraction of sp³-hybridized carbons (Fsp3) is 0.556. The van der Waals surface area contributed by atoms with E-state index in [1.54, 1.807) is 25.1 Å². The van der Waals surface area contributed by atoms with E-state index in [2.05, 4.69) is 12.2 Å². The van der Waals surface area contributed by atoms with Gasteiger partial charge < -0.3 is 15.1 Å². The van der Waals surface area contributed by atoms with Gasteiger partial charge >= 0.3 is 0 Å². The molecular weight excluding hydrogens is 309 g/mol. The Morgan fingerprint density at radius 2 is 2.00 bits per heavy atom. The summed E-state index contributed by atoms with van der Waals surface area (Å²) in [6.45, 7) is 5.65. The van der Waals surface area contributed by atoms with Gasteiger partial charge in [-0.05, 0) is 30.9 Å². The first kappa shape index (κ1) is 16.9. The molecule has 0 spiro atoms. The van der Waals surface area contributed by atoms with Gasteiger partial charge in [0.2, 0.25) is 11.8 Å². The Kier molecular flexibility index (Phi) is 4.85. The number of piperidine rings is 1. The van der Waals surface area contributed by atoms with Gasteiger partial charge in [0.15, 0.2) is 0 Å². The molecule has 2 heterocycles. The predicted octanol–water partition coefficient (Wildman–Crippen LogP) is 1.78. The quantitative estimate of drug-likeness (QED) is 0.917. The van der Waals surface area contributed by atoms with Gasteiger partial charge in [-0.1, -0.05) is 19.1 Å². The topological polar surface area (TPSA) is 52.7 Å². The molecule has 2 aliphatic heterocycles. The number of halogens is 1. The molecule has 0 aromatic heterocycles. The summed E-state index contributed by atoms with van der Waals surface area (Å²) in [4.78, 5) is 27.5. The van der Waals surface area contributed by atoms with Crippen LogP contribution in [-0.2, 0) is 9.59 Å². The van der Waals surface area contributed by atoms with E-state index in [0.717, 1.165) is 13.0 Å². The number of para-hydroxylation sites is 1. The number of benzene rings is 1. The van der Waals surface area contributed by atoms with E-state index in [-0.39, 0.29) is 35.6 Å². The van der Waals surface area contributed by atoms with E-state index in [0.29, 0.717) is 25.2 Å². The molecule has 1 aromatic carbocycles. The molecule has 0 bridgehead atoms. The summed E-state index contributed by atoms with van der Waals surface area (Å²) >= 11 is 0. The maximum atomic E-state index is 13.9. The number of likely N-dealkylation sites (tertiary alicyclic amines) is 1. The largest absolute Gasteiger partial charge is 0.343 e. The predicted molar refractivity (Wildman–Crippen MR) is 90.1 cm³/mol. The molecule has 2 aliphatic rings. The van der Waals surface area contributed by atoms with Crippen molar-refractivity contribution in [2.24, 2.45) is 5.92 Å². The third-order valence-corrected chi connectivity index (χ3v) is 5.11. The standard InChI is InChI=1S/C18H24FN3O2/c1-12-11-21(13(2)23)9-7-15(12)20-16-8-10-22(18(16)24)17-6-4-3-5-14(17)19/h3-6,12,15-16,20H,7-11H2,1-2H3/t12-,15-,16+/m0/s1. The lowest BCUT2D eigenvalue weighted by Gasteiger charge is -2.38. The van der Waals surface area contributed by atoms with Crippen LogP contribution in [0.3, 0.4) is 0 Å². The molecule has 1 N–H and O–H groups in total. The number of anilines is 1. The van der Waals surface area contributed by atoms with Crippen molar-refractivity contribution in [2.75, 3.05) is 24.5 Å². The van der Waals surface area contributed by atoms with Crippen LogP contribution in [0.2, 0.25) is 0 Å². The van der Waals surface area contributed by atoms with Crippen LogP contribution in [0, 0.1) is 11.7 Å². The molecule has 0 unspecified atom stereocenters. The third-order valence-electron chi connectivity index (χ3n) is 5.11. The van der Waals surface area contributed by atoms with E-state index in [4.69, 9.17) is 0 Å². The molecule has 2 fully saturated rings. The van der Waals surface area contributed by atoms with Crippen molar-refractivity contribution in [1.29, 1.82) is 0 Å². The van der Waals surface area contributed by atoms with Gasteiger partial charge in [-0.25, -0.2) is 4.39 Å². The van der Waals surface area contributed by atoms with Crippen molar-refractivity contribution >= 4 is 17.5 Å². The van der Waals surface area contributed by atoms with Crippen molar-refractivity contribution < 1.29 is 14.0 Å². The summed E-state index contributed by atoms with van der Waals surface area (Å²) < 4.78 is 13.9. The second-order valence-electron chi connectivity index (χ2n) is 6.79. The molecule has 2 amide bonds. The number of hydrogen-bond acceptors (Lipinski definition) is 3. The van der Waals surface area contributed by atoms with E-state index in [1.807, 2.05) is 4.90 Å². The molecule has 130 valence electrons. The van der Waals surface area contributed by atoms with Gasteiger partial charge in [-0.3, -0.25) is 9.59 Å². The van der Waals surface area contributed by atoms with Crippen molar-refractivity contribution in [3.63, 3.8) is 0 Å². The van der Waals surface area contributed by atoms with Gasteiger partial charge in [0, 0.05) is 32.6 Å². The highest BCUT2D eigenvalue weighted by atomic mass is 19.1. The van der Waals surface area contributed by atoms with Crippen molar-refractivity contribution in [1.82, 2.24) is 10.2 Å². The van der Waals surface area contributed by atoms with Crippen LogP contribution in [0.1, 0.15) is 26.7 Å². The maximum absolute atomic E-state index is 13.9. The fourth-order valence-electron chi connectivity index (χ4n) is 3.68. The Hall–Kier alpha value is -1.95. The lowest BCUT2D eigenvalue weighted by molar-refractivity contribution is -0.131. The molecule has 2 saturated heterocycles. The van der Waals surface area contributed by atoms with E-state index in [9.17, 15) is 14.0 Å². The number of nitrogens with zero attached hydrogens (tertiary/aromatic N) is 2. The number of nitrogens with one attached hydrogen (secondary N) is 1. The fourth-order valence-corrected chi connectivity index (χ4v) is 3.68. The van der Waals surface area contributed by atoms with Crippen LogP contribution >= 0.6 is 0 Å². The number of hydrogen-bond donors (Lipinski definition) is 1.